The maximum Gasteiger partial charge on any atom is 0.311 e. The smallest absolute Gasteiger partial charge is 0.311 e. The molecule has 122 valence electrons. The summed E-state index contributed by atoms with van der Waals surface area (Å²) >= 11 is 0. The third-order valence-electron chi connectivity index (χ3n) is 3.96. The topological polar surface area (TPSA) is 35.5 Å². The van der Waals surface area contributed by atoms with Crippen molar-refractivity contribution < 1.29 is 14.3 Å². The monoisotopic (exact) mass is 312 g/mol. The molecule has 0 heterocycles. The van der Waals surface area contributed by atoms with Gasteiger partial charge in [0.2, 0.25) is 0 Å². The van der Waals surface area contributed by atoms with E-state index in [1.807, 2.05) is 24.3 Å². The van der Waals surface area contributed by atoms with E-state index in [9.17, 15) is 4.79 Å². The molecular formula is C20H24O3. The van der Waals surface area contributed by atoms with Gasteiger partial charge in [0, 0.05) is 6.42 Å². The van der Waals surface area contributed by atoms with E-state index in [4.69, 9.17) is 9.47 Å². The standard InChI is InChI=1S/C20H24O3/c1-4-15-10-12-18(19(14-15)22-3)23-20(21)13-11-17-9-7-6-8-16(17)5-2/h6-10,12,14H,4-5,11,13H2,1-3H3. The molecule has 0 atom stereocenters. The van der Waals surface area contributed by atoms with Crippen LogP contribution in [0.4, 0.5) is 0 Å². The highest BCUT2D eigenvalue weighted by Crippen LogP contribution is 2.28. The zero-order valence-corrected chi connectivity index (χ0v) is 14.1. The molecule has 23 heavy (non-hydrogen) atoms. The fraction of sp³-hybridized carbons (Fsp3) is 0.350. The van der Waals surface area contributed by atoms with E-state index in [2.05, 4.69) is 26.0 Å². The lowest BCUT2D eigenvalue weighted by Crippen LogP contribution is -2.10. The summed E-state index contributed by atoms with van der Waals surface area (Å²) in [4.78, 5) is 12.1. The van der Waals surface area contributed by atoms with Gasteiger partial charge in [0.25, 0.3) is 0 Å². The van der Waals surface area contributed by atoms with Crippen molar-refractivity contribution in [2.75, 3.05) is 7.11 Å². The average molecular weight is 312 g/mol. The Hall–Kier alpha value is -2.29. The third-order valence-corrected chi connectivity index (χ3v) is 3.96. The Morgan fingerprint density at radius 3 is 2.35 bits per heavy atom. The number of aryl methyl sites for hydroxylation is 3. The Kier molecular flexibility index (Phi) is 6.21. The van der Waals surface area contributed by atoms with Crippen molar-refractivity contribution in [3.63, 3.8) is 0 Å². The van der Waals surface area contributed by atoms with Gasteiger partial charge in [-0.3, -0.25) is 4.79 Å². The van der Waals surface area contributed by atoms with Crippen molar-refractivity contribution in [2.24, 2.45) is 0 Å². The Balaban J connectivity index is 2.00. The Labute approximate surface area is 138 Å². The number of benzene rings is 2. The van der Waals surface area contributed by atoms with E-state index >= 15 is 0 Å². The molecule has 0 saturated heterocycles. The number of rotatable bonds is 7. The van der Waals surface area contributed by atoms with Gasteiger partial charge >= 0.3 is 5.97 Å². The highest BCUT2D eigenvalue weighted by molar-refractivity contribution is 5.73. The molecule has 0 aliphatic carbocycles. The minimum Gasteiger partial charge on any atom is -0.493 e. The highest BCUT2D eigenvalue weighted by Gasteiger charge is 2.11. The predicted molar refractivity (Wildman–Crippen MR) is 92.1 cm³/mol. The zero-order chi connectivity index (χ0) is 16.7. The zero-order valence-electron chi connectivity index (χ0n) is 14.1. The second-order valence-electron chi connectivity index (χ2n) is 5.44. The van der Waals surface area contributed by atoms with Gasteiger partial charge in [-0.25, -0.2) is 0 Å². The van der Waals surface area contributed by atoms with Gasteiger partial charge in [-0.15, -0.1) is 0 Å². The maximum absolute atomic E-state index is 12.1. The Morgan fingerprint density at radius 2 is 1.70 bits per heavy atom. The molecule has 0 spiro atoms. The molecule has 0 amide bonds. The quantitative estimate of drug-likeness (QED) is 0.563. The van der Waals surface area contributed by atoms with Crippen LogP contribution >= 0.6 is 0 Å². The normalized spacial score (nSPS) is 10.4. The summed E-state index contributed by atoms with van der Waals surface area (Å²) in [6.45, 7) is 4.20. The van der Waals surface area contributed by atoms with Crippen LogP contribution in [0.25, 0.3) is 0 Å². The minimum absolute atomic E-state index is 0.238. The largest absolute Gasteiger partial charge is 0.493 e. The van der Waals surface area contributed by atoms with Crippen molar-refractivity contribution in [3.05, 3.63) is 59.2 Å². The molecule has 0 radical (unpaired) electrons. The van der Waals surface area contributed by atoms with Crippen molar-refractivity contribution in [1.82, 2.24) is 0 Å². The Morgan fingerprint density at radius 1 is 0.957 bits per heavy atom. The minimum atomic E-state index is -0.238. The molecule has 2 aromatic rings. The number of hydrogen-bond donors (Lipinski definition) is 0. The van der Waals surface area contributed by atoms with Crippen LogP contribution in [-0.4, -0.2) is 13.1 Å². The van der Waals surface area contributed by atoms with Crippen LogP contribution < -0.4 is 9.47 Å². The molecular weight excluding hydrogens is 288 g/mol. The van der Waals surface area contributed by atoms with Crippen LogP contribution in [0.3, 0.4) is 0 Å². The van der Waals surface area contributed by atoms with Gasteiger partial charge in [-0.1, -0.05) is 44.2 Å². The van der Waals surface area contributed by atoms with Crippen LogP contribution in [0, 0.1) is 0 Å². The number of methoxy groups -OCH3 is 1. The molecule has 0 aliphatic rings. The average Bonchev–Trinajstić information content (AvgIpc) is 2.60. The maximum atomic E-state index is 12.1. The van der Waals surface area contributed by atoms with Crippen LogP contribution in [-0.2, 0) is 24.1 Å². The van der Waals surface area contributed by atoms with Crippen molar-refractivity contribution in [3.8, 4) is 11.5 Å². The Bertz CT molecular complexity index is 662. The summed E-state index contributed by atoms with van der Waals surface area (Å²) in [6, 6.07) is 13.9. The third kappa shape index (κ3) is 4.59. The van der Waals surface area contributed by atoms with Gasteiger partial charge in [-0.2, -0.15) is 0 Å². The van der Waals surface area contributed by atoms with Crippen LogP contribution in [0.1, 0.15) is 37.0 Å². The summed E-state index contributed by atoms with van der Waals surface area (Å²) in [6.07, 6.45) is 2.93. The van der Waals surface area contributed by atoms with E-state index in [1.54, 1.807) is 13.2 Å². The first kappa shape index (κ1) is 17.1. The summed E-state index contributed by atoms with van der Waals surface area (Å²) in [7, 11) is 1.59. The van der Waals surface area contributed by atoms with E-state index in [0.29, 0.717) is 24.3 Å². The van der Waals surface area contributed by atoms with Crippen molar-refractivity contribution >= 4 is 5.97 Å². The number of carbonyl (C=O) groups excluding carboxylic acids is 1. The molecule has 0 fully saturated rings. The van der Waals surface area contributed by atoms with Gasteiger partial charge < -0.3 is 9.47 Å². The number of ether oxygens (including phenoxy) is 2. The summed E-state index contributed by atoms with van der Waals surface area (Å²) in [5.74, 6) is 0.851. The van der Waals surface area contributed by atoms with E-state index < -0.39 is 0 Å². The van der Waals surface area contributed by atoms with Crippen molar-refractivity contribution in [2.45, 2.75) is 39.5 Å². The van der Waals surface area contributed by atoms with Gasteiger partial charge in [0.15, 0.2) is 11.5 Å². The molecule has 0 bridgehead atoms. The highest BCUT2D eigenvalue weighted by atomic mass is 16.6. The molecule has 2 rings (SSSR count). The first-order valence-corrected chi connectivity index (χ1v) is 8.12. The molecule has 0 saturated carbocycles. The first-order chi connectivity index (χ1) is 11.2. The van der Waals surface area contributed by atoms with Gasteiger partial charge in [0.1, 0.15) is 0 Å². The fourth-order valence-corrected chi connectivity index (χ4v) is 2.57. The lowest BCUT2D eigenvalue weighted by molar-refractivity contribution is -0.134. The lowest BCUT2D eigenvalue weighted by Gasteiger charge is -2.11. The molecule has 3 nitrogen and oxygen atoms in total. The van der Waals surface area contributed by atoms with Crippen molar-refractivity contribution in [1.29, 1.82) is 0 Å². The number of esters is 1. The first-order valence-electron chi connectivity index (χ1n) is 8.12. The van der Waals surface area contributed by atoms with Crippen LogP contribution in [0.2, 0.25) is 0 Å². The summed E-state index contributed by atoms with van der Waals surface area (Å²) in [5, 5.41) is 0. The number of hydrogen-bond acceptors (Lipinski definition) is 3. The number of carbonyl (C=O) groups is 1. The SMILES string of the molecule is CCc1ccc(OC(=O)CCc2ccccc2CC)c(OC)c1. The van der Waals surface area contributed by atoms with Gasteiger partial charge in [0.05, 0.1) is 7.11 Å². The molecule has 0 aliphatic heterocycles. The predicted octanol–water partition coefficient (Wildman–Crippen LogP) is 4.36. The summed E-state index contributed by atoms with van der Waals surface area (Å²) in [5.41, 5.74) is 3.64. The van der Waals surface area contributed by atoms with E-state index in [0.717, 1.165) is 18.4 Å². The van der Waals surface area contributed by atoms with E-state index in [-0.39, 0.29) is 5.97 Å². The van der Waals surface area contributed by atoms with Crippen LogP contribution in [0.5, 0.6) is 11.5 Å². The molecule has 0 unspecified atom stereocenters. The van der Waals surface area contributed by atoms with Crippen LogP contribution in [0.15, 0.2) is 42.5 Å². The van der Waals surface area contributed by atoms with Gasteiger partial charge in [-0.05, 0) is 48.1 Å². The molecule has 0 N–H and O–H groups in total. The van der Waals surface area contributed by atoms with E-state index in [1.165, 1.54) is 11.1 Å². The summed E-state index contributed by atoms with van der Waals surface area (Å²) < 4.78 is 10.8. The molecule has 0 aromatic heterocycles. The molecule has 2 aromatic carbocycles. The lowest BCUT2D eigenvalue weighted by atomic mass is 10.0. The molecule has 3 heteroatoms. The second-order valence-corrected chi connectivity index (χ2v) is 5.44. The second kappa shape index (κ2) is 8.37. The fourth-order valence-electron chi connectivity index (χ4n) is 2.57.